The van der Waals surface area contributed by atoms with Crippen molar-refractivity contribution in [2.75, 3.05) is 0 Å². The highest BCUT2D eigenvalue weighted by Crippen LogP contribution is 2.59. The van der Waals surface area contributed by atoms with Gasteiger partial charge in [0.1, 0.15) is 0 Å². The van der Waals surface area contributed by atoms with Gasteiger partial charge in [0, 0.05) is 0 Å². The van der Waals surface area contributed by atoms with Crippen LogP contribution in [0.5, 0.6) is 0 Å². The van der Waals surface area contributed by atoms with Crippen molar-refractivity contribution in [2.24, 2.45) is 29.1 Å². The average Bonchev–Trinajstić information content (AvgIpc) is 3.14. The second-order valence-corrected chi connectivity index (χ2v) is 33.2. The lowest BCUT2D eigenvalue weighted by Gasteiger charge is -2.49. The van der Waals surface area contributed by atoms with E-state index in [9.17, 15) is 5.11 Å². The zero-order chi connectivity index (χ0) is 34.2. The first kappa shape index (κ1) is 40.7. The van der Waals surface area contributed by atoms with E-state index < -0.39 is 25.0 Å². The fourth-order valence-electron chi connectivity index (χ4n) is 9.15. The molecular weight excluding hydrogens is 593 g/mol. The maximum atomic E-state index is 11.1. The van der Waals surface area contributed by atoms with Gasteiger partial charge in [0.25, 0.3) is 0 Å². The van der Waals surface area contributed by atoms with Gasteiger partial charge in [0.05, 0.1) is 23.4 Å². The van der Waals surface area contributed by atoms with E-state index in [1.807, 2.05) is 0 Å². The van der Waals surface area contributed by atoms with Crippen LogP contribution in [-0.2, 0) is 13.3 Å². The lowest BCUT2D eigenvalue weighted by Crippen LogP contribution is -2.55. The Morgan fingerprint density at radius 1 is 0.795 bits per heavy atom. The molecule has 0 spiro atoms. The molecule has 44 heavy (non-hydrogen) atoms. The van der Waals surface area contributed by atoms with Gasteiger partial charge < -0.3 is 18.4 Å². The van der Waals surface area contributed by atoms with Crippen molar-refractivity contribution in [1.82, 2.24) is 0 Å². The third kappa shape index (κ3) is 10.7. The molecule has 262 valence electrons. The third-order valence-electron chi connectivity index (χ3n) is 12.2. The number of rotatable bonds is 17. The number of hydrogen-bond acceptors (Lipinski definition) is 4. The van der Waals surface area contributed by atoms with Crippen LogP contribution in [0.4, 0.5) is 0 Å². The van der Waals surface area contributed by atoms with Gasteiger partial charge in [-0.25, -0.2) is 0 Å². The van der Waals surface area contributed by atoms with Crippen LogP contribution in [0, 0.1) is 29.1 Å². The summed E-state index contributed by atoms with van der Waals surface area (Å²) in [6.07, 6.45) is 11.6. The molecule has 6 atom stereocenters. The van der Waals surface area contributed by atoms with Gasteiger partial charge in [0.15, 0.2) is 25.0 Å². The van der Waals surface area contributed by atoms with E-state index >= 15 is 0 Å². The first-order valence-electron chi connectivity index (χ1n) is 18.4. The minimum Gasteiger partial charge on any atom is -0.413 e. The third-order valence-corrected chi connectivity index (χ3v) is 19.1. The summed E-state index contributed by atoms with van der Waals surface area (Å²) in [6, 6.07) is 0. The van der Waals surface area contributed by atoms with Crippen LogP contribution in [-0.4, -0.2) is 53.5 Å². The molecular formula is C37H78O4Si3. The van der Waals surface area contributed by atoms with E-state index in [0.717, 1.165) is 19.3 Å². The van der Waals surface area contributed by atoms with Gasteiger partial charge in [-0.2, -0.15) is 0 Å². The topological polar surface area (TPSA) is 47.9 Å². The maximum Gasteiger partial charge on any atom is 0.193 e. The van der Waals surface area contributed by atoms with E-state index in [4.69, 9.17) is 13.3 Å². The second-order valence-electron chi connectivity index (χ2n) is 19.8. The molecule has 0 bridgehead atoms. The predicted octanol–water partition coefficient (Wildman–Crippen LogP) is 11.4. The maximum absolute atomic E-state index is 11.1. The molecule has 2 fully saturated rings. The molecule has 7 heteroatoms. The van der Waals surface area contributed by atoms with Gasteiger partial charge in [-0.1, -0.05) is 53.9 Å². The number of hydrogen-bond donors (Lipinski definition) is 1. The van der Waals surface area contributed by atoms with Crippen molar-refractivity contribution in [2.45, 2.75) is 207 Å². The number of aliphatic hydroxyl groups is 1. The Kier molecular flexibility index (Phi) is 13.4. The van der Waals surface area contributed by atoms with Crippen molar-refractivity contribution in [3.8, 4) is 0 Å². The Labute approximate surface area is 279 Å². The normalized spacial score (nSPS) is 27.5. The van der Waals surface area contributed by atoms with Crippen LogP contribution in [0.15, 0.2) is 0 Å². The molecule has 1 N–H and O–H groups in total. The van der Waals surface area contributed by atoms with Gasteiger partial charge >= 0.3 is 0 Å². The van der Waals surface area contributed by atoms with Crippen LogP contribution in [0.1, 0.15) is 127 Å². The largest absolute Gasteiger partial charge is 0.413 e. The highest BCUT2D eigenvalue weighted by Gasteiger charge is 2.53. The van der Waals surface area contributed by atoms with E-state index in [1.165, 1.54) is 44.9 Å². The molecule has 0 amide bonds. The van der Waals surface area contributed by atoms with Crippen LogP contribution < -0.4 is 0 Å². The molecule has 2 aliphatic carbocycles. The quantitative estimate of drug-likeness (QED) is 0.156. The first-order chi connectivity index (χ1) is 19.6. The Morgan fingerprint density at radius 3 is 1.89 bits per heavy atom. The Morgan fingerprint density at radius 2 is 1.36 bits per heavy atom. The fraction of sp³-hybridized carbons (Fsp3) is 1.00. The zero-order valence-electron chi connectivity index (χ0n) is 32.7. The molecule has 0 saturated heterocycles. The fourth-order valence-corrected chi connectivity index (χ4v) is 15.4. The van der Waals surface area contributed by atoms with Crippen LogP contribution >= 0.6 is 0 Å². The average molecular weight is 671 g/mol. The summed E-state index contributed by atoms with van der Waals surface area (Å²) in [5.41, 5.74) is -0.154. The lowest BCUT2D eigenvalue weighted by atomic mass is 9.60. The highest BCUT2D eigenvalue weighted by molar-refractivity contribution is 6.74. The number of aliphatic hydroxyl groups excluding tert-OH is 1. The van der Waals surface area contributed by atoms with Crippen LogP contribution in [0.25, 0.3) is 0 Å². The van der Waals surface area contributed by atoms with Gasteiger partial charge in [-0.05, 0) is 159 Å². The zero-order valence-corrected chi connectivity index (χ0v) is 35.7. The molecule has 2 rings (SSSR count). The Hall–Kier alpha value is 0.491. The number of fused-ring (bicyclic) bond motifs is 1. The molecule has 0 aromatic rings. The summed E-state index contributed by atoms with van der Waals surface area (Å²) in [6.45, 7) is 40.0. The highest BCUT2D eigenvalue weighted by atomic mass is 28.4. The summed E-state index contributed by atoms with van der Waals surface area (Å²) < 4.78 is 21.0. The van der Waals surface area contributed by atoms with Crippen molar-refractivity contribution >= 4 is 25.0 Å². The molecule has 4 nitrogen and oxygen atoms in total. The van der Waals surface area contributed by atoms with Crippen LogP contribution in [0.2, 0.25) is 57.4 Å². The Balaban J connectivity index is 2.39. The van der Waals surface area contributed by atoms with E-state index in [2.05, 4.69) is 115 Å². The van der Waals surface area contributed by atoms with E-state index in [-0.39, 0.29) is 33.9 Å². The summed E-state index contributed by atoms with van der Waals surface area (Å²) in [4.78, 5) is 0. The molecule has 2 saturated carbocycles. The summed E-state index contributed by atoms with van der Waals surface area (Å²) in [7, 11) is -5.48. The molecule has 0 aromatic heterocycles. The summed E-state index contributed by atoms with van der Waals surface area (Å²) >= 11 is 0. The van der Waals surface area contributed by atoms with Crippen molar-refractivity contribution in [3.05, 3.63) is 0 Å². The summed E-state index contributed by atoms with van der Waals surface area (Å²) in [5, 5.41) is 11.2. The van der Waals surface area contributed by atoms with Crippen molar-refractivity contribution < 1.29 is 18.4 Å². The van der Waals surface area contributed by atoms with Gasteiger partial charge in [-0.3, -0.25) is 0 Å². The minimum atomic E-state index is -2.08. The minimum absolute atomic E-state index is 0.0741. The van der Waals surface area contributed by atoms with Crippen molar-refractivity contribution in [1.29, 1.82) is 0 Å². The van der Waals surface area contributed by atoms with Gasteiger partial charge in [-0.15, -0.1) is 0 Å². The summed E-state index contributed by atoms with van der Waals surface area (Å²) in [5.74, 6) is 2.33. The Bertz CT molecular complexity index is 901. The van der Waals surface area contributed by atoms with Crippen LogP contribution in [0.3, 0.4) is 0 Å². The van der Waals surface area contributed by atoms with E-state index in [0.29, 0.717) is 23.7 Å². The standard InChI is InChI=1S/C37H78O4Si3/c1-28(2)36(7,8)44(16,17)39-33(35(5,6)41-43(13,14)15)25-22-29(20-18-26-34(3,4)40-42(10,11)12)30-23-24-31-32(38)21-19-27-37(30,31)9/h28-33,38H,18-27H2,1-17H3/t29-,30-,31+,32+,33-,37-/m1/s1. The molecule has 2 aliphatic rings. The SMILES string of the molecule is CC(C)C(C)(C)[Si](C)(C)O[C@H](CC[C@@H](CCCC(C)(C)O[Si](C)(C)C)[C@H]1CC[C@H]2[C@@H](O)CCC[C@]12C)C(C)(C)O[Si](C)(C)C. The molecule has 0 aliphatic heterocycles. The van der Waals surface area contributed by atoms with Gasteiger partial charge in [0.2, 0.25) is 0 Å². The predicted molar refractivity (Wildman–Crippen MR) is 199 cm³/mol. The van der Waals surface area contributed by atoms with Crippen molar-refractivity contribution in [3.63, 3.8) is 0 Å². The monoisotopic (exact) mass is 671 g/mol. The van der Waals surface area contributed by atoms with E-state index in [1.54, 1.807) is 0 Å². The second kappa shape index (κ2) is 14.5. The molecule has 0 radical (unpaired) electrons. The molecule has 0 aromatic carbocycles. The first-order valence-corrected chi connectivity index (χ1v) is 28.1. The smallest absolute Gasteiger partial charge is 0.193 e. The lowest BCUT2D eigenvalue weighted by molar-refractivity contribution is -0.0459. The molecule has 0 unspecified atom stereocenters. The molecule has 0 heterocycles.